The molecule has 0 aliphatic carbocycles. The van der Waals surface area contributed by atoms with Crippen LogP contribution >= 0.6 is 0 Å². The largest absolute Gasteiger partial charge is 0.370 e. The van der Waals surface area contributed by atoms with Crippen LogP contribution in [-0.4, -0.2) is 47.0 Å². The molecule has 6 heteroatoms. The summed E-state index contributed by atoms with van der Waals surface area (Å²) >= 11 is 0. The van der Waals surface area contributed by atoms with Crippen molar-refractivity contribution in [3.05, 3.63) is 29.5 Å². The number of nitrogens with one attached hydrogen (secondary N) is 1. The molecule has 0 bridgehead atoms. The number of guanidine groups is 1. The number of hydrogen-bond donors (Lipinski definition) is 2. The van der Waals surface area contributed by atoms with E-state index >= 15 is 0 Å². The lowest BCUT2D eigenvalue weighted by Gasteiger charge is -2.13. The number of hydrogen-bond acceptors (Lipinski definition) is 4. The van der Waals surface area contributed by atoms with Crippen molar-refractivity contribution in [1.29, 1.82) is 0 Å². The Morgan fingerprint density at radius 1 is 1.25 bits per heavy atom. The van der Waals surface area contributed by atoms with Gasteiger partial charge in [0.25, 0.3) is 0 Å². The number of aryl methyl sites for hydroxylation is 2. The van der Waals surface area contributed by atoms with E-state index in [9.17, 15) is 0 Å². The van der Waals surface area contributed by atoms with Crippen LogP contribution in [0.3, 0.4) is 0 Å². The van der Waals surface area contributed by atoms with Gasteiger partial charge < -0.3 is 10.6 Å². The number of aromatic nitrogens is 2. The topological polar surface area (TPSA) is 79.4 Å². The lowest BCUT2D eigenvalue weighted by Crippen LogP contribution is -2.25. The number of nitrogens with zero attached hydrogens (tertiary/aromatic N) is 4. The predicted molar refractivity (Wildman–Crippen MR) is 99.4 cm³/mol. The predicted octanol–water partition coefficient (Wildman–Crippen LogP) is 2.46. The number of rotatable bonds is 5. The van der Waals surface area contributed by atoms with Crippen LogP contribution in [0.15, 0.2) is 23.2 Å². The minimum absolute atomic E-state index is 0.378. The van der Waals surface area contributed by atoms with Crippen molar-refractivity contribution in [2.45, 2.75) is 33.1 Å². The number of aliphatic imine (C=N–C) groups is 1. The highest BCUT2D eigenvalue weighted by Crippen LogP contribution is 2.20. The Morgan fingerprint density at radius 2 is 2.04 bits per heavy atom. The van der Waals surface area contributed by atoms with E-state index in [1.54, 1.807) is 0 Å². The zero-order valence-electron chi connectivity index (χ0n) is 14.5. The molecule has 1 saturated heterocycles. The third-order valence-corrected chi connectivity index (χ3v) is 4.47. The van der Waals surface area contributed by atoms with E-state index in [1.165, 1.54) is 31.5 Å². The molecule has 1 aliphatic heterocycles. The average Bonchev–Trinajstić information content (AvgIpc) is 3.04. The van der Waals surface area contributed by atoms with Crippen molar-refractivity contribution in [2.75, 3.05) is 31.5 Å². The summed E-state index contributed by atoms with van der Waals surface area (Å²) in [6, 6.07) is 6.07. The molecule has 128 valence electrons. The van der Waals surface area contributed by atoms with Gasteiger partial charge in [0.05, 0.1) is 11.2 Å². The first-order valence-corrected chi connectivity index (χ1v) is 8.67. The summed E-state index contributed by atoms with van der Waals surface area (Å²) in [5, 5.41) is 4.12. The van der Waals surface area contributed by atoms with Crippen LogP contribution in [0, 0.1) is 13.8 Å². The molecule has 0 amide bonds. The van der Waals surface area contributed by atoms with Gasteiger partial charge in [0, 0.05) is 11.9 Å². The van der Waals surface area contributed by atoms with Crippen LogP contribution < -0.4 is 11.1 Å². The SMILES string of the molecule is Cc1cccc2nc(NC(N)=NCCCN3CCCC3)nc(C)c12. The summed E-state index contributed by atoms with van der Waals surface area (Å²) in [6.07, 6.45) is 3.68. The smallest absolute Gasteiger partial charge is 0.230 e. The molecule has 24 heavy (non-hydrogen) atoms. The van der Waals surface area contributed by atoms with Crippen molar-refractivity contribution < 1.29 is 0 Å². The highest BCUT2D eigenvalue weighted by Gasteiger charge is 2.10. The van der Waals surface area contributed by atoms with Gasteiger partial charge >= 0.3 is 0 Å². The minimum Gasteiger partial charge on any atom is -0.370 e. The van der Waals surface area contributed by atoms with Crippen LogP contribution in [0.4, 0.5) is 5.95 Å². The van der Waals surface area contributed by atoms with E-state index < -0.39 is 0 Å². The van der Waals surface area contributed by atoms with Gasteiger partial charge in [-0.3, -0.25) is 10.3 Å². The second-order valence-corrected chi connectivity index (χ2v) is 6.40. The quantitative estimate of drug-likeness (QED) is 0.501. The molecule has 0 atom stereocenters. The van der Waals surface area contributed by atoms with Crippen molar-refractivity contribution >= 4 is 22.8 Å². The number of anilines is 1. The zero-order chi connectivity index (χ0) is 16.9. The molecule has 3 N–H and O–H groups in total. The monoisotopic (exact) mass is 326 g/mol. The van der Waals surface area contributed by atoms with Gasteiger partial charge in [0.15, 0.2) is 5.96 Å². The lowest BCUT2D eigenvalue weighted by atomic mass is 10.1. The van der Waals surface area contributed by atoms with Crippen LogP contribution in [0.25, 0.3) is 10.9 Å². The van der Waals surface area contributed by atoms with Crippen LogP contribution in [0.2, 0.25) is 0 Å². The summed E-state index contributed by atoms with van der Waals surface area (Å²) in [5.41, 5.74) is 9.02. The Balaban J connectivity index is 1.60. The fourth-order valence-electron chi connectivity index (χ4n) is 3.28. The van der Waals surface area contributed by atoms with Gasteiger partial charge in [0.2, 0.25) is 5.95 Å². The summed E-state index contributed by atoms with van der Waals surface area (Å²) < 4.78 is 0. The van der Waals surface area contributed by atoms with Crippen molar-refractivity contribution in [2.24, 2.45) is 10.7 Å². The molecule has 0 saturated carbocycles. The fraction of sp³-hybridized carbons (Fsp3) is 0.500. The maximum atomic E-state index is 5.97. The Morgan fingerprint density at radius 3 is 2.83 bits per heavy atom. The fourth-order valence-corrected chi connectivity index (χ4v) is 3.28. The van der Waals surface area contributed by atoms with Gasteiger partial charge in [-0.15, -0.1) is 0 Å². The maximum Gasteiger partial charge on any atom is 0.230 e. The molecule has 1 aliphatic rings. The summed E-state index contributed by atoms with van der Waals surface area (Å²) in [7, 11) is 0. The third-order valence-electron chi connectivity index (χ3n) is 4.47. The first-order chi connectivity index (χ1) is 11.6. The number of nitrogens with two attached hydrogens (primary N) is 1. The van der Waals surface area contributed by atoms with E-state index in [-0.39, 0.29) is 0 Å². The van der Waals surface area contributed by atoms with Gasteiger partial charge in [-0.1, -0.05) is 12.1 Å². The molecule has 6 nitrogen and oxygen atoms in total. The number of likely N-dealkylation sites (tertiary alicyclic amines) is 1. The van der Waals surface area contributed by atoms with E-state index in [4.69, 9.17) is 5.73 Å². The van der Waals surface area contributed by atoms with Gasteiger partial charge in [-0.2, -0.15) is 0 Å². The standard InChI is InChI=1S/C18H26N6/c1-13-7-5-8-15-16(13)14(2)21-18(22-15)23-17(19)20-9-6-12-24-10-3-4-11-24/h5,7-8H,3-4,6,9-12H2,1-2H3,(H3,19,20,21,22,23). The molecule has 0 unspecified atom stereocenters. The molecule has 1 aromatic heterocycles. The van der Waals surface area contributed by atoms with E-state index in [0.717, 1.165) is 36.1 Å². The Labute approximate surface area is 143 Å². The van der Waals surface area contributed by atoms with E-state index in [1.807, 2.05) is 19.1 Å². The molecule has 1 aromatic carbocycles. The molecule has 3 rings (SSSR count). The second-order valence-electron chi connectivity index (χ2n) is 6.40. The Kier molecular flexibility index (Phi) is 5.25. The second kappa shape index (κ2) is 7.57. The Bertz CT molecular complexity index is 734. The van der Waals surface area contributed by atoms with E-state index in [2.05, 4.69) is 38.2 Å². The molecule has 2 aromatic rings. The van der Waals surface area contributed by atoms with Gasteiger partial charge in [-0.05, 0) is 64.4 Å². The highest BCUT2D eigenvalue weighted by atomic mass is 15.2. The molecule has 2 heterocycles. The van der Waals surface area contributed by atoms with Crippen molar-refractivity contribution in [3.8, 4) is 0 Å². The molecule has 0 spiro atoms. The average molecular weight is 326 g/mol. The lowest BCUT2D eigenvalue weighted by molar-refractivity contribution is 0.336. The van der Waals surface area contributed by atoms with E-state index in [0.29, 0.717) is 11.9 Å². The summed E-state index contributed by atoms with van der Waals surface area (Å²) in [6.45, 7) is 8.33. The summed E-state index contributed by atoms with van der Waals surface area (Å²) in [4.78, 5) is 15.9. The van der Waals surface area contributed by atoms with Gasteiger partial charge in [0.1, 0.15) is 0 Å². The first-order valence-electron chi connectivity index (χ1n) is 8.67. The van der Waals surface area contributed by atoms with Crippen molar-refractivity contribution in [1.82, 2.24) is 14.9 Å². The van der Waals surface area contributed by atoms with Crippen molar-refractivity contribution in [3.63, 3.8) is 0 Å². The molecular formula is C18H26N6. The molecule has 1 fully saturated rings. The van der Waals surface area contributed by atoms with Crippen LogP contribution in [0.5, 0.6) is 0 Å². The third kappa shape index (κ3) is 4.00. The maximum absolute atomic E-state index is 5.97. The first kappa shape index (κ1) is 16.6. The van der Waals surface area contributed by atoms with Crippen LogP contribution in [-0.2, 0) is 0 Å². The van der Waals surface area contributed by atoms with Crippen LogP contribution in [0.1, 0.15) is 30.5 Å². The molecular weight excluding hydrogens is 300 g/mol. The normalized spacial score (nSPS) is 16.0. The minimum atomic E-state index is 0.378. The van der Waals surface area contributed by atoms with Gasteiger partial charge in [-0.25, -0.2) is 9.97 Å². The molecule has 0 radical (unpaired) electrons. The highest BCUT2D eigenvalue weighted by molar-refractivity contribution is 5.92. The Hall–Kier alpha value is -2.21. The number of benzene rings is 1. The number of fused-ring (bicyclic) bond motifs is 1. The summed E-state index contributed by atoms with van der Waals surface area (Å²) in [5.74, 6) is 0.884. The zero-order valence-corrected chi connectivity index (χ0v) is 14.5.